The fourth-order valence-electron chi connectivity index (χ4n) is 3.77. The second-order valence-corrected chi connectivity index (χ2v) is 12.2. The maximum absolute atomic E-state index is 11.6. The zero-order valence-electron chi connectivity index (χ0n) is 16.3. The Morgan fingerprint density at radius 2 is 1.87 bits per heavy atom. The van der Waals surface area contributed by atoms with Crippen LogP contribution in [0.15, 0.2) is 42.7 Å². The van der Waals surface area contributed by atoms with Crippen molar-refractivity contribution in [2.24, 2.45) is 0 Å². The molecule has 1 aromatic carbocycles. The summed E-state index contributed by atoms with van der Waals surface area (Å²) in [5.41, 5.74) is 3.87. The number of aromatic nitrogens is 2. The molecule has 0 aliphatic carbocycles. The van der Waals surface area contributed by atoms with Crippen LogP contribution < -0.4 is 9.62 Å². The third-order valence-electron chi connectivity index (χ3n) is 4.88. The molecule has 1 saturated heterocycles. The number of halogens is 2. The zero-order valence-corrected chi connectivity index (χ0v) is 20.1. The fraction of sp³-hybridized carbons (Fsp3) is 0.300. The number of nitrogens with zero attached hydrogens (tertiary/aromatic N) is 3. The van der Waals surface area contributed by atoms with Crippen LogP contribution in [0.5, 0.6) is 0 Å². The molecule has 3 heterocycles. The molecule has 0 radical (unpaired) electrons. The van der Waals surface area contributed by atoms with Crippen LogP contribution in [0.4, 0.5) is 11.4 Å². The van der Waals surface area contributed by atoms with Gasteiger partial charge in [-0.25, -0.2) is 4.98 Å². The maximum atomic E-state index is 11.6. The molecule has 10 heteroatoms. The van der Waals surface area contributed by atoms with E-state index in [9.17, 15) is 8.42 Å². The highest BCUT2D eigenvalue weighted by Gasteiger charge is 2.24. The average molecular weight is 559 g/mol. The van der Waals surface area contributed by atoms with E-state index >= 15 is 0 Å². The highest BCUT2D eigenvalue weighted by atomic mass is 127. The van der Waals surface area contributed by atoms with Gasteiger partial charge in [0.1, 0.15) is 0 Å². The number of ether oxygens (including phenoxy) is 1. The summed E-state index contributed by atoms with van der Waals surface area (Å²) in [6, 6.07) is 9.65. The minimum Gasteiger partial charge on any atom is -0.372 e. The summed E-state index contributed by atoms with van der Waals surface area (Å²) in [6.45, 7) is 5.76. The highest BCUT2D eigenvalue weighted by molar-refractivity contribution is 14.2. The Labute approximate surface area is 192 Å². The Kier molecular flexibility index (Phi) is 6.06. The van der Waals surface area contributed by atoms with E-state index in [-0.39, 0.29) is 23.0 Å². The van der Waals surface area contributed by atoms with Gasteiger partial charge in [0.05, 0.1) is 44.6 Å². The molecule has 30 heavy (non-hydrogen) atoms. The minimum absolute atomic E-state index is 0.0958. The van der Waals surface area contributed by atoms with Crippen LogP contribution in [0, 0.1) is 0 Å². The topological polar surface area (TPSA) is 84.4 Å². The smallest absolute Gasteiger partial charge is 0.286 e. The number of hydrogen-bond acceptors (Lipinski definition) is 6. The Hall–Kier alpha value is -1.69. The SMILES string of the molecule is C[C@@H]1CN(c2ccnc3ccc(-c4cnc(Cl)c(NS(=O)(=O)I)c4)cc23)C[C@@H](C)O1. The van der Waals surface area contributed by atoms with Crippen molar-refractivity contribution in [3.63, 3.8) is 0 Å². The lowest BCUT2D eigenvalue weighted by Gasteiger charge is -2.37. The van der Waals surface area contributed by atoms with Gasteiger partial charge in [0, 0.05) is 42.1 Å². The number of fused-ring (bicyclic) bond motifs is 1. The summed E-state index contributed by atoms with van der Waals surface area (Å²) in [4.78, 5) is 11.0. The van der Waals surface area contributed by atoms with Crippen molar-refractivity contribution < 1.29 is 13.2 Å². The predicted molar refractivity (Wildman–Crippen MR) is 129 cm³/mol. The number of anilines is 2. The first-order valence-electron chi connectivity index (χ1n) is 9.37. The van der Waals surface area contributed by atoms with Gasteiger partial charge in [0.2, 0.25) is 0 Å². The monoisotopic (exact) mass is 558 g/mol. The first kappa shape index (κ1) is 21.5. The molecule has 7 nitrogen and oxygen atoms in total. The normalized spacial score (nSPS) is 19.8. The van der Waals surface area contributed by atoms with Gasteiger partial charge >= 0.3 is 0 Å². The molecule has 0 bridgehead atoms. The van der Waals surface area contributed by atoms with Crippen LogP contribution in [0.3, 0.4) is 0 Å². The highest BCUT2D eigenvalue weighted by Crippen LogP contribution is 2.33. The maximum Gasteiger partial charge on any atom is 0.286 e. The quantitative estimate of drug-likeness (QED) is 0.285. The second kappa shape index (κ2) is 8.45. The molecule has 0 spiro atoms. The minimum atomic E-state index is -3.50. The summed E-state index contributed by atoms with van der Waals surface area (Å²) in [5, 5.41) is 1.11. The summed E-state index contributed by atoms with van der Waals surface area (Å²) in [5.74, 6) is 0. The molecular formula is C20H20ClIN4O3S. The van der Waals surface area contributed by atoms with Crippen molar-refractivity contribution >= 4 is 62.3 Å². The molecular weight excluding hydrogens is 539 g/mol. The summed E-state index contributed by atoms with van der Waals surface area (Å²) in [6.07, 6.45) is 3.73. The molecule has 1 aliphatic heterocycles. The van der Waals surface area contributed by atoms with Crippen molar-refractivity contribution in [3.05, 3.63) is 47.9 Å². The molecule has 0 saturated carbocycles. The van der Waals surface area contributed by atoms with Gasteiger partial charge in [-0.2, -0.15) is 8.42 Å². The Morgan fingerprint density at radius 3 is 2.57 bits per heavy atom. The lowest BCUT2D eigenvalue weighted by molar-refractivity contribution is -0.00513. The molecule has 0 unspecified atom stereocenters. The number of rotatable bonds is 4. The van der Waals surface area contributed by atoms with Crippen LogP contribution >= 0.6 is 32.8 Å². The van der Waals surface area contributed by atoms with Crippen LogP contribution in [-0.4, -0.2) is 43.7 Å². The van der Waals surface area contributed by atoms with E-state index in [0.29, 0.717) is 0 Å². The Bertz CT molecular complexity index is 1200. The van der Waals surface area contributed by atoms with Crippen LogP contribution in [-0.2, 0) is 11.9 Å². The van der Waals surface area contributed by atoms with Crippen LogP contribution in [0.2, 0.25) is 5.15 Å². The lowest BCUT2D eigenvalue weighted by atomic mass is 10.0. The van der Waals surface area contributed by atoms with Crippen molar-refractivity contribution in [1.29, 1.82) is 0 Å². The molecule has 158 valence electrons. The van der Waals surface area contributed by atoms with Crippen molar-refractivity contribution in [2.45, 2.75) is 26.1 Å². The van der Waals surface area contributed by atoms with Gasteiger partial charge in [-0.1, -0.05) is 17.7 Å². The number of benzene rings is 1. The Morgan fingerprint density at radius 1 is 1.13 bits per heavy atom. The van der Waals surface area contributed by atoms with E-state index in [2.05, 4.69) is 39.5 Å². The van der Waals surface area contributed by atoms with Crippen molar-refractivity contribution in [2.75, 3.05) is 22.7 Å². The number of nitrogens with one attached hydrogen (secondary N) is 1. The zero-order chi connectivity index (χ0) is 21.5. The van der Waals surface area contributed by atoms with E-state index in [0.717, 1.165) is 40.8 Å². The van der Waals surface area contributed by atoms with Gasteiger partial charge in [0.15, 0.2) is 5.15 Å². The lowest BCUT2D eigenvalue weighted by Crippen LogP contribution is -2.45. The number of morpholine rings is 1. The fourth-order valence-corrected chi connectivity index (χ4v) is 5.11. The molecule has 0 amide bonds. The average Bonchev–Trinajstić information content (AvgIpc) is 2.67. The van der Waals surface area contributed by atoms with E-state index in [1.165, 1.54) is 21.2 Å². The molecule has 3 aromatic rings. The molecule has 1 aliphatic rings. The number of pyridine rings is 2. The molecule has 4 rings (SSSR count). The standard InChI is InChI=1S/C20H20ClIN4O3S/c1-12-10-26(11-13(2)29-12)19-5-6-23-17-4-3-14(7-16(17)19)15-8-18(20(21)24-9-15)25-30(22,27)28/h3-9,12-13,25H,10-11H2,1-2H3/t12-,13-/m1/s1. The first-order valence-corrected chi connectivity index (χ1v) is 13.8. The van der Waals surface area contributed by atoms with Gasteiger partial charge < -0.3 is 9.64 Å². The molecule has 1 N–H and O–H groups in total. The molecule has 2 aromatic heterocycles. The van der Waals surface area contributed by atoms with Gasteiger partial charge in [-0.3, -0.25) is 9.71 Å². The van der Waals surface area contributed by atoms with E-state index < -0.39 is 7.19 Å². The molecule has 1 fully saturated rings. The van der Waals surface area contributed by atoms with Crippen molar-refractivity contribution in [3.8, 4) is 11.1 Å². The van der Waals surface area contributed by atoms with E-state index in [1.54, 1.807) is 12.3 Å². The summed E-state index contributed by atoms with van der Waals surface area (Å²) < 4.78 is 31.5. The Balaban J connectivity index is 1.78. The van der Waals surface area contributed by atoms with Crippen LogP contribution in [0.25, 0.3) is 22.0 Å². The third kappa shape index (κ3) is 4.79. The largest absolute Gasteiger partial charge is 0.372 e. The van der Waals surface area contributed by atoms with Gasteiger partial charge in [-0.05, 0) is 43.7 Å². The number of hydrogen-bond donors (Lipinski definition) is 1. The second-order valence-electron chi connectivity index (χ2n) is 7.33. The van der Waals surface area contributed by atoms with Crippen LogP contribution in [0.1, 0.15) is 13.8 Å². The van der Waals surface area contributed by atoms with E-state index in [1.807, 2.05) is 24.4 Å². The third-order valence-corrected chi connectivity index (χ3v) is 6.31. The summed E-state index contributed by atoms with van der Waals surface area (Å²) >= 11 is 7.39. The van der Waals surface area contributed by atoms with Crippen molar-refractivity contribution in [1.82, 2.24) is 9.97 Å². The summed E-state index contributed by atoms with van der Waals surface area (Å²) in [7, 11) is -3.50. The van der Waals surface area contributed by atoms with Gasteiger partial charge in [0.25, 0.3) is 7.19 Å². The van der Waals surface area contributed by atoms with Gasteiger partial charge in [-0.15, -0.1) is 0 Å². The van der Waals surface area contributed by atoms with E-state index in [4.69, 9.17) is 16.3 Å². The molecule has 2 atom stereocenters. The first-order chi connectivity index (χ1) is 14.2. The predicted octanol–water partition coefficient (Wildman–Crippen LogP) is 4.66.